The van der Waals surface area contributed by atoms with E-state index in [1.54, 1.807) is 0 Å². The van der Waals surface area contributed by atoms with Crippen LogP contribution in [0.15, 0.2) is 6.20 Å². The summed E-state index contributed by atoms with van der Waals surface area (Å²) < 4.78 is 0. The number of ketones is 1. The van der Waals surface area contributed by atoms with E-state index in [0.717, 1.165) is 23.5 Å². The van der Waals surface area contributed by atoms with Gasteiger partial charge in [-0.2, -0.15) is 0 Å². The van der Waals surface area contributed by atoms with Crippen LogP contribution in [0.5, 0.6) is 0 Å². The predicted octanol–water partition coefficient (Wildman–Crippen LogP) is 1.32. The maximum atomic E-state index is 11.3. The predicted molar refractivity (Wildman–Crippen MR) is 43.0 cm³/mol. The smallest absolute Gasteiger partial charge is 0.168 e. The Morgan fingerprint density at radius 2 is 2.36 bits per heavy atom. The zero-order chi connectivity index (χ0) is 7.84. The molecule has 3 nitrogen and oxygen atoms in total. The minimum absolute atomic E-state index is 0.248. The van der Waals surface area contributed by atoms with E-state index in [1.807, 2.05) is 13.1 Å². The van der Waals surface area contributed by atoms with Crippen molar-refractivity contribution in [3.63, 3.8) is 0 Å². The van der Waals surface area contributed by atoms with Gasteiger partial charge in [0.15, 0.2) is 5.78 Å². The lowest BCUT2D eigenvalue weighted by Gasteiger charge is -2.12. The first-order valence-corrected chi connectivity index (χ1v) is 3.74. The van der Waals surface area contributed by atoms with E-state index in [-0.39, 0.29) is 5.78 Å². The van der Waals surface area contributed by atoms with E-state index in [9.17, 15) is 4.79 Å². The third kappa shape index (κ3) is 0.843. The average Bonchev–Trinajstić information content (AvgIpc) is 2.34. The fourth-order valence-electron chi connectivity index (χ4n) is 1.45. The lowest BCUT2D eigenvalue weighted by Crippen LogP contribution is -2.17. The first-order chi connectivity index (χ1) is 5.29. The Labute approximate surface area is 64.8 Å². The molecule has 0 saturated heterocycles. The molecule has 0 amide bonds. The molecule has 0 aromatic carbocycles. The number of carbonyl (C=O) groups excluding carboxylic acids is 1. The molecule has 1 aliphatic heterocycles. The fraction of sp³-hybridized carbons (Fsp3) is 0.375. The van der Waals surface area contributed by atoms with Crippen molar-refractivity contribution in [2.24, 2.45) is 0 Å². The molecular formula is C8H10N2O. The van der Waals surface area contributed by atoms with Gasteiger partial charge < -0.3 is 10.3 Å². The van der Waals surface area contributed by atoms with Gasteiger partial charge in [0.05, 0.1) is 5.56 Å². The highest BCUT2D eigenvalue weighted by Gasteiger charge is 2.19. The second-order valence-electron chi connectivity index (χ2n) is 2.82. The molecule has 2 N–H and O–H groups in total. The molecule has 0 saturated carbocycles. The molecule has 0 radical (unpaired) electrons. The van der Waals surface area contributed by atoms with Crippen LogP contribution in [0.3, 0.4) is 0 Å². The topological polar surface area (TPSA) is 44.9 Å². The third-order valence-corrected chi connectivity index (χ3v) is 2.01. The van der Waals surface area contributed by atoms with E-state index in [0.29, 0.717) is 6.42 Å². The van der Waals surface area contributed by atoms with Crippen molar-refractivity contribution >= 4 is 11.6 Å². The molecule has 11 heavy (non-hydrogen) atoms. The van der Waals surface area contributed by atoms with Crippen LogP contribution < -0.4 is 5.32 Å². The van der Waals surface area contributed by atoms with Gasteiger partial charge in [-0.3, -0.25) is 4.79 Å². The van der Waals surface area contributed by atoms with Crippen molar-refractivity contribution in [1.29, 1.82) is 0 Å². The van der Waals surface area contributed by atoms with Gasteiger partial charge in [-0.1, -0.05) is 0 Å². The van der Waals surface area contributed by atoms with Crippen LogP contribution in [0.4, 0.5) is 5.82 Å². The van der Waals surface area contributed by atoms with Crippen LogP contribution >= 0.6 is 0 Å². The fourth-order valence-corrected chi connectivity index (χ4v) is 1.45. The SMILES string of the molecule is Cc1c[nH]c2c1C(=O)CCN2. The quantitative estimate of drug-likeness (QED) is 0.585. The zero-order valence-electron chi connectivity index (χ0n) is 6.40. The highest BCUT2D eigenvalue weighted by molar-refractivity contribution is 6.03. The zero-order valence-corrected chi connectivity index (χ0v) is 6.40. The van der Waals surface area contributed by atoms with Crippen molar-refractivity contribution in [3.05, 3.63) is 17.3 Å². The number of H-pyrrole nitrogens is 1. The van der Waals surface area contributed by atoms with Crippen LogP contribution in [0.1, 0.15) is 22.3 Å². The summed E-state index contributed by atoms with van der Waals surface area (Å²) >= 11 is 0. The molecule has 0 unspecified atom stereocenters. The Hall–Kier alpha value is -1.25. The number of rotatable bonds is 0. The second-order valence-corrected chi connectivity index (χ2v) is 2.82. The number of aryl methyl sites for hydroxylation is 1. The molecule has 2 rings (SSSR count). The van der Waals surface area contributed by atoms with Gasteiger partial charge in [0.2, 0.25) is 0 Å². The standard InChI is InChI=1S/C8H10N2O/c1-5-4-10-8-7(5)6(11)2-3-9-8/h4,9-10H,2-3H2,1H3. The Balaban J connectivity index is 2.56. The lowest BCUT2D eigenvalue weighted by atomic mass is 10.0. The normalized spacial score (nSPS) is 15.9. The number of anilines is 1. The minimum atomic E-state index is 0.248. The van der Waals surface area contributed by atoms with Crippen molar-refractivity contribution < 1.29 is 4.79 Å². The van der Waals surface area contributed by atoms with Crippen LogP contribution in [-0.2, 0) is 0 Å². The van der Waals surface area contributed by atoms with Gasteiger partial charge in [0.25, 0.3) is 0 Å². The Morgan fingerprint density at radius 3 is 3.09 bits per heavy atom. The Bertz CT molecular complexity index is 301. The summed E-state index contributed by atoms with van der Waals surface area (Å²) in [5.41, 5.74) is 1.88. The van der Waals surface area contributed by atoms with Gasteiger partial charge in [0, 0.05) is 19.2 Å². The van der Waals surface area contributed by atoms with Gasteiger partial charge in [-0.25, -0.2) is 0 Å². The average molecular weight is 150 g/mol. The highest BCUT2D eigenvalue weighted by Crippen LogP contribution is 2.23. The van der Waals surface area contributed by atoms with Gasteiger partial charge in [-0.15, -0.1) is 0 Å². The first kappa shape index (κ1) is 6.46. The van der Waals surface area contributed by atoms with Crippen molar-refractivity contribution in [3.8, 4) is 0 Å². The van der Waals surface area contributed by atoms with Gasteiger partial charge in [-0.05, 0) is 12.5 Å². The lowest BCUT2D eigenvalue weighted by molar-refractivity contribution is 0.0983. The Kier molecular flexibility index (Phi) is 1.24. The summed E-state index contributed by atoms with van der Waals surface area (Å²) in [6.45, 7) is 2.70. The molecule has 0 bridgehead atoms. The highest BCUT2D eigenvalue weighted by atomic mass is 16.1. The molecule has 2 heterocycles. The number of nitrogens with one attached hydrogen (secondary N) is 2. The number of aromatic amines is 1. The number of hydrogen-bond donors (Lipinski definition) is 2. The van der Waals surface area contributed by atoms with E-state index >= 15 is 0 Å². The monoisotopic (exact) mass is 150 g/mol. The van der Waals surface area contributed by atoms with E-state index in [4.69, 9.17) is 0 Å². The molecule has 58 valence electrons. The van der Waals surface area contributed by atoms with Gasteiger partial charge >= 0.3 is 0 Å². The van der Waals surface area contributed by atoms with Crippen LogP contribution in [0.2, 0.25) is 0 Å². The third-order valence-electron chi connectivity index (χ3n) is 2.01. The minimum Gasteiger partial charge on any atom is -0.371 e. The molecule has 1 aliphatic rings. The molecule has 0 aliphatic carbocycles. The summed E-state index contributed by atoms with van der Waals surface area (Å²) in [6, 6.07) is 0. The van der Waals surface area contributed by atoms with Crippen molar-refractivity contribution in [2.75, 3.05) is 11.9 Å². The van der Waals surface area contributed by atoms with Crippen molar-refractivity contribution in [2.45, 2.75) is 13.3 Å². The van der Waals surface area contributed by atoms with E-state index < -0.39 is 0 Å². The first-order valence-electron chi connectivity index (χ1n) is 3.74. The molecule has 0 atom stereocenters. The Morgan fingerprint density at radius 1 is 1.55 bits per heavy atom. The second kappa shape index (κ2) is 2.12. The molecule has 1 aromatic rings. The maximum Gasteiger partial charge on any atom is 0.168 e. The number of carbonyl (C=O) groups is 1. The summed E-state index contributed by atoms with van der Waals surface area (Å²) in [7, 11) is 0. The maximum absolute atomic E-state index is 11.3. The molecule has 3 heteroatoms. The molecule has 1 aromatic heterocycles. The largest absolute Gasteiger partial charge is 0.371 e. The van der Waals surface area contributed by atoms with E-state index in [2.05, 4.69) is 10.3 Å². The summed E-state index contributed by atoms with van der Waals surface area (Å²) in [6.07, 6.45) is 2.48. The molecule has 0 fully saturated rings. The number of fused-ring (bicyclic) bond motifs is 1. The molecular weight excluding hydrogens is 140 g/mol. The van der Waals surface area contributed by atoms with Crippen LogP contribution in [0.25, 0.3) is 0 Å². The molecule has 0 spiro atoms. The van der Waals surface area contributed by atoms with E-state index in [1.165, 1.54) is 0 Å². The summed E-state index contributed by atoms with van der Waals surface area (Å²) in [5, 5.41) is 3.14. The van der Waals surface area contributed by atoms with Crippen molar-refractivity contribution in [1.82, 2.24) is 4.98 Å². The van der Waals surface area contributed by atoms with Gasteiger partial charge in [0.1, 0.15) is 5.82 Å². The number of aromatic nitrogens is 1. The summed E-state index contributed by atoms with van der Waals surface area (Å²) in [4.78, 5) is 14.3. The number of hydrogen-bond acceptors (Lipinski definition) is 2. The summed E-state index contributed by atoms with van der Waals surface area (Å²) in [5.74, 6) is 1.14. The van der Waals surface area contributed by atoms with Crippen LogP contribution in [0, 0.1) is 6.92 Å². The number of Topliss-reactive ketones (excluding diaryl/α,β-unsaturated/α-hetero) is 1. The van der Waals surface area contributed by atoms with Crippen LogP contribution in [-0.4, -0.2) is 17.3 Å².